The lowest BCUT2D eigenvalue weighted by atomic mass is 9.96. The molecule has 27 heavy (non-hydrogen) atoms. The number of hydrogen-bond donors (Lipinski definition) is 2. The van der Waals surface area contributed by atoms with Gasteiger partial charge in [-0.1, -0.05) is 18.2 Å². The molecule has 5 nitrogen and oxygen atoms in total. The Morgan fingerprint density at radius 1 is 1.26 bits per heavy atom. The fourth-order valence-electron chi connectivity index (χ4n) is 3.30. The number of piperidine rings is 1. The highest BCUT2D eigenvalue weighted by Gasteiger charge is 2.43. The summed E-state index contributed by atoms with van der Waals surface area (Å²) in [4.78, 5) is 25.9. The van der Waals surface area contributed by atoms with Gasteiger partial charge in [-0.15, -0.1) is 0 Å². The zero-order valence-electron chi connectivity index (χ0n) is 15.8. The molecule has 0 radical (unpaired) electrons. The number of amides is 2. The average molecular weight is 385 g/mol. The van der Waals surface area contributed by atoms with Gasteiger partial charge in [-0.2, -0.15) is 13.2 Å². The van der Waals surface area contributed by atoms with Crippen LogP contribution in [0.2, 0.25) is 0 Å². The SMILES string of the molecule is Cc1cccc(C)c1NC(=O)CNC(=O)[C@@H](C)N1CCC[C@@H](C(F)(F)F)C1. The van der Waals surface area contributed by atoms with Crippen LogP contribution in [0.1, 0.15) is 30.9 Å². The lowest BCUT2D eigenvalue weighted by Crippen LogP contribution is -2.52. The van der Waals surface area contributed by atoms with Crippen molar-refractivity contribution in [3.05, 3.63) is 29.3 Å². The number of likely N-dealkylation sites (tertiary alicyclic amines) is 1. The van der Waals surface area contributed by atoms with Gasteiger partial charge in [0.15, 0.2) is 0 Å². The third-order valence-corrected chi connectivity index (χ3v) is 5.01. The number of rotatable bonds is 5. The third-order valence-electron chi connectivity index (χ3n) is 5.01. The van der Waals surface area contributed by atoms with Gasteiger partial charge >= 0.3 is 6.18 Å². The summed E-state index contributed by atoms with van der Waals surface area (Å²) in [5, 5.41) is 5.28. The number of hydrogen-bond acceptors (Lipinski definition) is 3. The Balaban J connectivity index is 1.86. The molecule has 1 saturated heterocycles. The Labute approximate surface area is 157 Å². The van der Waals surface area contributed by atoms with E-state index >= 15 is 0 Å². The van der Waals surface area contributed by atoms with Crippen molar-refractivity contribution in [2.45, 2.75) is 45.8 Å². The first-order chi connectivity index (χ1) is 12.6. The molecule has 0 saturated carbocycles. The van der Waals surface area contributed by atoms with E-state index in [2.05, 4.69) is 10.6 Å². The van der Waals surface area contributed by atoms with Gasteiger partial charge in [-0.25, -0.2) is 0 Å². The van der Waals surface area contributed by atoms with E-state index in [9.17, 15) is 22.8 Å². The lowest BCUT2D eigenvalue weighted by molar-refractivity contribution is -0.188. The summed E-state index contributed by atoms with van der Waals surface area (Å²) < 4.78 is 38.8. The molecule has 2 rings (SSSR count). The highest BCUT2D eigenvalue weighted by atomic mass is 19.4. The van der Waals surface area contributed by atoms with Crippen molar-refractivity contribution in [3.63, 3.8) is 0 Å². The molecule has 150 valence electrons. The Hall–Kier alpha value is -2.09. The number of anilines is 1. The molecule has 0 aliphatic carbocycles. The average Bonchev–Trinajstić information content (AvgIpc) is 2.61. The zero-order chi connectivity index (χ0) is 20.2. The molecule has 1 aromatic carbocycles. The van der Waals surface area contributed by atoms with E-state index in [1.807, 2.05) is 32.0 Å². The van der Waals surface area contributed by atoms with Crippen LogP contribution in [0.5, 0.6) is 0 Å². The Morgan fingerprint density at radius 3 is 2.48 bits per heavy atom. The topological polar surface area (TPSA) is 61.4 Å². The van der Waals surface area contributed by atoms with Crippen molar-refractivity contribution in [1.29, 1.82) is 0 Å². The fourth-order valence-corrected chi connectivity index (χ4v) is 3.30. The smallest absolute Gasteiger partial charge is 0.346 e. The van der Waals surface area contributed by atoms with Crippen LogP contribution in [0.25, 0.3) is 0 Å². The van der Waals surface area contributed by atoms with Gasteiger partial charge in [0.25, 0.3) is 0 Å². The summed E-state index contributed by atoms with van der Waals surface area (Å²) in [5.41, 5.74) is 2.53. The van der Waals surface area contributed by atoms with Crippen LogP contribution in [0.3, 0.4) is 0 Å². The van der Waals surface area contributed by atoms with Crippen LogP contribution in [-0.2, 0) is 9.59 Å². The first kappa shape index (κ1) is 21.2. The number of halogens is 3. The number of alkyl halides is 3. The number of nitrogens with one attached hydrogen (secondary N) is 2. The fraction of sp³-hybridized carbons (Fsp3) is 0.579. The molecule has 1 aliphatic heterocycles. The maximum absolute atomic E-state index is 12.9. The number of carbonyl (C=O) groups is 2. The molecule has 1 fully saturated rings. The van der Waals surface area contributed by atoms with Gasteiger partial charge in [0.05, 0.1) is 18.5 Å². The monoisotopic (exact) mass is 385 g/mol. The summed E-state index contributed by atoms with van der Waals surface area (Å²) >= 11 is 0. The quantitative estimate of drug-likeness (QED) is 0.819. The van der Waals surface area contributed by atoms with Crippen LogP contribution < -0.4 is 10.6 Å². The predicted octanol–water partition coefficient (Wildman–Crippen LogP) is 3.02. The molecule has 2 amide bonds. The van der Waals surface area contributed by atoms with E-state index in [0.717, 1.165) is 11.1 Å². The van der Waals surface area contributed by atoms with Gasteiger partial charge in [-0.3, -0.25) is 14.5 Å². The highest BCUT2D eigenvalue weighted by Crippen LogP contribution is 2.33. The standard InChI is InChI=1S/C19H26F3N3O2/c1-12-6-4-7-13(2)17(12)24-16(26)10-23-18(27)14(3)25-9-5-8-15(11-25)19(20,21)22/h4,6-7,14-15H,5,8-11H2,1-3H3,(H,23,27)(H,24,26)/t14-,15-/m1/s1. The summed E-state index contributed by atoms with van der Waals surface area (Å²) in [7, 11) is 0. The normalized spacial score (nSPS) is 19.4. The molecular formula is C19H26F3N3O2. The lowest BCUT2D eigenvalue weighted by Gasteiger charge is -2.36. The maximum Gasteiger partial charge on any atom is 0.393 e. The maximum atomic E-state index is 12.9. The van der Waals surface area contributed by atoms with Crippen molar-refractivity contribution in [2.75, 3.05) is 25.0 Å². The molecule has 0 bridgehead atoms. The van der Waals surface area contributed by atoms with E-state index in [1.54, 1.807) is 6.92 Å². The van der Waals surface area contributed by atoms with Gasteiger partial charge in [0.2, 0.25) is 11.8 Å². The molecule has 1 aliphatic rings. The second-order valence-electron chi connectivity index (χ2n) is 7.08. The first-order valence-electron chi connectivity index (χ1n) is 9.04. The minimum atomic E-state index is -4.25. The number of benzene rings is 1. The number of para-hydroxylation sites is 1. The minimum Gasteiger partial charge on any atom is -0.346 e. The van der Waals surface area contributed by atoms with E-state index in [4.69, 9.17) is 0 Å². The van der Waals surface area contributed by atoms with Gasteiger partial charge in [0, 0.05) is 12.2 Å². The third kappa shape index (κ3) is 5.69. The van der Waals surface area contributed by atoms with Crippen molar-refractivity contribution < 1.29 is 22.8 Å². The Kier molecular flexibility index (Phi) is 6.86. The summed E-state index contributed by atoms with van der Waals surface area (Å²) in [5.74, 6) is -2.23. The van der Waals surface area contributed by atoms with Gasteiger partial charge < -0.3 is 10.6 Å². The molecule has 2 N–H and O–H groups in total. The predicted molar refractivity (Wildman–Crippen MR) is 97.4 cm³/mol. The van der Waals surface area contributed by atoms with Crippen LogP contribution in [0.4, 0.5) is 18.9 Å². The van der Waals surface area contributed by atoms with Crippen LogP contribution in [0.15, 0.2) is 18.2 Å². The first-order valence-corrected chi connectivity index (χ1v) is 9.04. The highest BCUT2D eigenvalue weighted by molar-refractivity contribution is 5.96. The molecule has 1 aromatic rings. The number of aryl methyl sites for hydroxylation is 2. The van der Waals surface area contributed by atoms with E-state index in [0.29, 0.717) is 18.7 Å². The molecule has 0 spiro atoms. The number of carbonyl (C=O) groups excluding carboxylic acids is 2. The van der Waals surface area contributed by atoms with Crippen LogP contribution in [0, 0.1) is 19.8 Å². The Bertz CT molecular complexity index is 671. The molecule has 2 atom stereocenters. The van der Waals surface area contributed by atoms with Crippen molar-refractivity contribution in [2.24, 2.45) is 5.92 Å². The van der Waals surface area contributed by atoms with E-state index in [-0.39, 0.29) is 25.4 Å². The summed E-state index contributed by atoms with van der Waals surface area (Å²) in [6.07, 6.45) is -3.76. The zero-order valence-corrected chi connectivity index (χ0v) is 15.8. The molecule has 0 aromatic heterocycles. The second-order valence-corrected chi connectivity index (χ2v) is 7.08. The van der Waals surface area contributed by atoms with Crippen molar-refractivity contribution >= 4 is 17.5 Å². The number of nitrogens with zero attached hydrogens (tertiary/aromatic N) is 1. The van der Waals surface area contributed by atoms with Gasteiger partial charge in [-0.05, 0) is 51.3 Å². The van der Waals surface area contributed by atoms with Gasteiger partial charge in [0.1, 0.15) is 0 Å². The molecular weight excluding hydrogens is 359 g/mol. The van der Waals surface area contributed by atoms with Crippen molar-refractivity contribution in [1.82, 2.24) is 10.2 Å². The summed E-state index contributed by atoms with van der Waals surface area (Å²) in [6, 6.07) is 4.91. The molecule has 1 heterocycles. The Morgan fingerprint density at radius 2 is 1.89 bits per heavy atom. The van der Waals surface area contributed by atoms with Crippen LogP contribution >= 0.6 is 0 Å². The summed E-state index contributed by atoms with van der Waals surface area (Å²) in [6.45, 7) is 5.33. The van der Waals surface area contributed by atoms with Crippen molar-refractivity contribution in [3.8, 4) is 0 Å². The second kappa shape index (κ2) is 8.73. The molecule has 8 heteroatoms. The molecule has 0 unspecified atom stereocenters. The van der Waals surface area contributed by atoms with E-state index < -0.39 is 24.0 Å². The van der Waals surface area contributed by atoms with E-state index in [1.165, 1.54) is 4.90 Å². The minimum absolute atomic E-state index is 0.0898. The van der Waals surface area contributed by atoms with Crippen LogP contribution in [-0.4, -0.2) is 48.6 Å². The largest absolute Gasteiger partial charge is 0.393 e.